The number of likely N-dealkylation sites (tertiary alicyclic amines) is 1. The molecule has 132 valence electrons. The topological polar surface area (TPSA) is 66.5 Å². The second-order valence-electron chi connectivity index (χ2n) is 6.00. The van der Waals surface area contributed by atoms with Gasteiger partial charge in [-0.25, -0.2) is 13.2 Å². The highest BCUT2D eigenvalue weighted by molar-refractivity contribution is 6.05. The van der Waals surface area contributed by atoms with Crippen LogP contribution < -0.4 is 5.32 Å². The molecule has 1 aromatic rings. The van der Waals surface area contributed by atoms with Crippen LogP contribution in [0.1, 0.15) is 19.3 Å². The zero-order chi connectivity index (χ0) is 18.1. The molecule has 3 rings (SSSR count). The minimum Gasteiger partial charge on any atom is -0.323 e. The molecule has 5 nitrogen and oxygen atoms in total. The monoisotopic (exact) mass is 352 g/mol. The summed E-state index contributed by atoms with van der Waals surface area (Å²) in [6, 6.07) is 1.59. The van der Waals surface area contributed by atoms with Crippen LogP contribution in [0.15, 0.2) is 24.3 Å². The van der Waals surface area contributed by atoms with E-state index in [-0.39, 0.29) is 36.6 Å². The van der Waals surface area contributed by atoms with Gasteiger partial charge in [-0.1, -0.05) is 12.2 Å². The number of carbonyl (C=O) groups is 3. The van der Waals surface area contributed by atoms with Crippen molar-refractivity contribution in [3.8, 4) is 0 Å². The van der Waals surface area contributed by atoms with E-state index < -0.39 is 29.0 Å². The maximum absolute atomic E-state index is 13.5. The van der Waals surface area contributed by atoms with Crippen LogP contribution in [0.3, 0.4) is 0 Å². The van der Waals surface area contributed by atoms with E-state index in [0.29, 0.717) is 18.9 Å². The lowest BCUT2D eigenvalue weighted by molar-refractivity contribution is -0.140. The lowest BCUT2D eigenvalue weighted by atomic mass is 9.85. The van der Waals surface area contributed by atoms with Crippen molar-refractivity contribution in [1.82, 2.24) is 4.90 Å². The molecule has 2 aliphatic rings. The summed E-state index contributed by atoms with van der Waals surface area (Å²) in [5.74, 6) is -6.65. The van der Waals surface area contributed by atoms with Crippen molar-refractivity contribution in [2.75, 3.05) is 11.9 Å². The molecule has 1 fully saturated rings. The summed E-state index contributed by atoms with van der Waals surface area (Å²) < 4.78 is 39.5. The molecule has 3 amide bonds. The Morgan fingerprint density at radius 3 is 2.24 bits per heavy atom. The number of imide groups is 1. The van der Waals surface area contributed by atoms with E-state index in [1.165, 1.54) is 0 Å². The summed E-state index contributed by atoms with van der Waals surface area (Å²) in [5, 5.41) is 2.11. The molecule has 1 aliphatic carbocycles. The van der Waals surface area contributed by atoms with Crippen LogP contribution >= 0.6 is 0 Å². The van der Waals surface area contributed by atoms with Crippen molar-refractivity contribution in [3.63, 3.8) is 0 Å². The highest BCUT2D eigenvalue weighted by Crippen LogP contribution is 2.35. The highest BCUT2D eigenvalue weighted by atomic mass is 19.2. The first-order chi connectivity index (χ1) is 11.9. The molecule has 1 heterocycles. The van der Waals surface area contributed by atoms with Crippen LogP contribution in [-0.4, -0.2) is 29.2 Å². The summed E-state index contributed by atoms with van der Waals surface area (Å²) in [6.07, 6.45) is 4.45. The lowest BCUT2D eigenvalue weighted by Gasteiger charge is -2.14. The Morgan fingerprint density at radius 1 is 1.04 bits per heavy atom. The average molecular weight is 352 g/mol. The molecule has 0 bridgehead atoms. The standard InChI is InChI=1S/C17H15F3N2O3/c18-11-5-6-12(15(20)14(11)19)21-13(23)7-8-22-16(24)9-3-1-2-4-10(9)17(22)25/h1-2,5-6,9-10H,3-4,7-8H2,(H,21,23). The van der Waals surface area contributed by atoms with Gasteiger partial charge in [-0.05, 0) is 25.0 Å². The third-order valence-corrected chi connectivity index (χ3v) is 4.47. The predicted molar refractivity (Wildman–Crippen MR) is 81.6 cm³/mol. The van der Waals surface area contributed by atoms with Gasteiger partial charge in [0.15, 0.2) is 17.5 Å². The van der Waals surface area contributed by atoms with Crippen molar-refractivity contribution in [2.24, 2.45) is 11.8 Å². The number of hydrogen-bond acceptors (Lipinski definition) is 3. The Bertz CT molecular complexity index is 753. The molecule has 0 radical (unpaired) electrons. The molecule has 2 atom stereocenters. The van der Waals surface area contributed by atoms with Crippen molar-refractivity contribution < 1.29 is 27.6 Å². The number of benzene rings is 1. The van der Waals surface area contributed by atoms with E-state index in [1.54, 1.807) is 0 Å². The Balaban J connectivity index is 1.61. The van der Waals surface area contributed by atoms with Gasteiger partial charge in [-0.15, -0.1) is 0 Å². The SMILES string of the molecule is O=C(CCN1C(=O)C2CC=CCC2C1=O)Nc1ccc(F)c(F)c1F. The zero-order valence-corrected chi connectivity index (χ0v) is 13.1. The van der Waals surface area contributed by atoms with Gasteiger partial charge in [0, 0.05) is 13.0 Å². The summed E-state index contributed by atoms with van der Waals surface area (Å²) in [6.45, 7) is -0.137. The molecule has 1 aliphatic heterocycles. The summed E-state index contributed by atoms with van der Waals surface area (Å²) in [4.78, 5) is 37.4. The normalized spacial score (nSPS) is 22.3. The van der Waals surface area contributed by atoms with Crippen LogP contribution in [0.25, 0.3) is 0 Å². The van der Waals surface area contributed by atoms with Crippen molar-refractivity contribution in [1.29, 1.82) is 0 Å². The van der Waals surface area contributed by atoms with Gasteiger partial charge in [0.25, 0.3) is 0 Å². The first-order valence-corrected chi connectivity index (χ1v) is 7.83. The number of fused-ring (bicyclic) bond motifs is 1. The molecule has 1 saturated heterocycles. The van der Waals surface area contributed by atoms with Crippen molar-refractivity contribution in [3.05, 3.63) is 41.7 Å². The van der Waals surface area contributed by atoms with E-state index in [0.717, 1.165) is 11.0 Å². The van der Waals surface area contributed by atoms with Gasteiger partial charge in [0.1, 0.15) is 0 Å². The Labute approximate surface area is 141 Å². The molecule has 0 saturated carbocycles. The van der Waals surface area contributed by atoms with Gasteiger partial charge >= 0.3 is 0 Å². The predicted octanol–water partition coefficient (Wildman–Crippen LogP) is 2.38. The second kappa shape index (κ2) is 6.70. The number of allylic oxidation sites excluding steroid dienone is 2. The summed E-state index contributed by atoms with van der Waals surface area (Å²) in [5.41, 5.74) is -0.499. The van der Waals surface area contributed by atoms with E-state index in [9.17, 15) is 27.6 Å². The molecule has 1 aromatic carbocycles. The number of nitrogens with one attached hydrogen (secondary N) is 1. The van der Waals surface area contributed by atoms with Crippen LogP contribution in [0, 0.1) is 29.3 Å². The molecular formula is C17H15F3N2O3. The number of nitrogens with zero attached hydrogens (tertiary/aromatic N) is 1. The Hall–Kier alpha value is -2.64. The number of carbonyl (C=O) groups excluding carboxylic acids is 3. The maximum atomic E-state index is 13.5. The fourth-order valence-electron chi connectivity index (χ4n) is 3.14. The molecule has 25 heavy (non-hydrogen) atoms. The van der Waals surface area contributed by atoms with E-state index in [4.69, 9.17) is 0 Å². The van der Waals surface area contributed by atoms with E-state index in [1.807, 2.05) is 12.2 Å². The van der Waals surface area contributed by atoms with Gasteiger partial charge in [0.05, 0.1) is 17.5 Å². The fourth-order valence-corrected chi connectivity index (χ4v) is 3.14. The minimum atomic E-state index is -1.68. The van der Waals surface area contributed by atoms with E-state index >= 15 is 0 Å². The Kier molecular flexibility index (Phi) is 4.61. The van der Waals surface area contributed by atoms with Crippen LogP contribution in [0.5, 0.6) is 0 Å². The second-order valence-corrected chi connectivity index (χ2v) is 6.00. The van der Waals surface area contributed by atoms with Crippen molar-refractivity contribution in [2.45, 2.75) is 19.3 Å². The zero-order valence-electron chi connectivity index (χ0n) is 13.1. The van der Waals surface area contributed by atoms with E-state index in [2.05, 4.69) is 5.32 Å². The molecule has 2 unspecified atom stereocenters. The molecular weight excluding hydrogens is 337 g/mol. The number of halogens is 3. The number of rotatable bonds is 4. The third kappa shape index (κ3) is 3.16. The first-order valence-electron chi connectivity index (χ1n) is 7.83. The van der Waals surface area contributed by atoms with Crippen LogP contribution in [0.4, 0.5) is 18.9 Å². The van der Waals surface area contributed by atoms with Gasteiger partial charge in [-0.2, -0.15) is 0 Å². The molecule has 0 aromatic heterocycles. The van der Waals surface area contributed by atoms with Gasteiger partial charge in [0.2, 0.25) is 17.7 Å². The fraction of sp³-hybridized carbons (Fsp3) is 0.353. The molecule has 0 spiro atoms. The quantitative estimate of drug-likeness (QED) is 0.514. The van der Waals surface area contributed by atoms with Gasteiger partial charge < -0.3 is 5.32 Å². The largest absolute Gasteiger partial charge is 0.323 e. The number of hydrogen-bond donors (Lipinski definition) is 1. The number of anilines is 1. The van der Waals surface area contributed by atoms with Crippen LogP contribution in [0.2, 0.25) is 0 Å². The summed E-state index contributed by atoms with van der Waals surface area (Å²) >= 11 is 0. The third-order valence-electron chi connectivity index (χ3n) is 4.47. The minimum absolute atomic E-state index is 0.137. The Morgan fingerprint density at radius 2 is 1.64 bits per heavy atom. The molecule has 8 heteroatoms. The van der Waals surface area contributed by atoms with Gasteiger partial charge in [-0.3, -0.25) is 19.3 Å². The molecule has 1 N–H and O–H groups in total. The maximum Gasteiger partial charge on any atom is 0.233 e. The lowest BCUT2D eigenvalue weighted by Crippen LogP contribution is -2.34. The smallest absolute Gasteiger partial charge is 0.233 e. The summed E-state index contributed by atoms with van der Waals surface area (Å²) in [7, 11) is 0. The highest BCUT2D eigenvalue weighted by Gasteiger charge is 2.46. The van der Waals surface area contributed by atoms with Crippen LogP contribution in [-0.2, 0) is 14.4 Å². The van der Waals surface area contributed by atoms with Crippen molar-refractivity contribution >= 4 is 23.4 Å². The number of amides is 3. The average Bonchev–Trinajstić information content (AvgIpc) is 2.85. The first kappa shape index (κ1) is 17.2.